The molecule has 0 fully saturated rings. The van der Waals surface area contributed by atoms with Crippen molar-refractivity contribution >= 4 is 16.0 Å². The third kappa shape index (κ3) is 5.40. The van der Waals surface area contributed by atoms with Crippen LogP contribution >= 0.6 is 0 Å². The van der Waals surface area contributed by atoms with E-state index < -0.39 is 21.2 Å². The lowest BCUT2D eigenvalue weighted by molar-refractivity contribution is -0.139. The minimum atomic E-state index is -3.73. The highest BCUT2D eigenvalue weighted by Crippen LogP contribution is 1.99. The van der Waals surface area contributed by atoms with Crippen LogP contribution < -0.4 is 4.72 Å². The Bertz CT molecular complexity index is 302. The number of esters is 1. The first-order valence-corrected chi connectivity index (χ1v) is 6.25. The van der Waals surface area contributed by atoms with E-state index in [0.29, 0.717) is 0 Å². The van der Waals surface area contributed by atoms with Crippen molar-refractivity contribution in [3.05, 3.63) is 0 Å². The lowest BCUT2D eigenvalue weighted by atomic mass is 10.5. The molecule has 0 spiro atoms. The first-order chi connectivity index (χ1) is 7.45. The predicted octanol–water partition coefficient (Wildman–Crippen LogP) is -1.52. The molecule has 0 aliphatic heterocycles. The Hall–Kier alpha value is -0.700. The molecule has 7 nitrogen and oxygen atoms in total. The van der Waals surface area contributed by atoms with E-state index in [-0.39, 0.29) is 26.4 Å². The van der Waals surface area contributed by atoms with Gasteiger partial charge in [-0.05, 0) is 6.92 Å². The lowest BCUT2D eigenvalue weighted by Crippen LogP contribution is -2.39. The minimum absolute atomic E-state index is 0.0453. The van der Waals surface area contributed by atoms with E-state index in [2.05, 4.69) is 9.46 Å². The van der Waals surface area contributed by atoms with Gasteiger partial charge >= 0.3 is 5.97 Å². The van der Waals surface area contributed by atoms with Gasteiger partial charge in [0.05, 0.1) is 26.9 Å². The number of hydrogen-bond donors (Lipinski definition) is 2. The Morgan fingerprint density at radius 2 is 2.06 bits per heavy atom. The lowest BCUT2D eigenvalue weighted by Gasteiger charge is -2.11. The molecule has 0 saturated heterocycles. The van der Waals surface area contributed by atoms with Crippen LogP contribution in [0, 0.1) is 0 Å². The zero-order valence-corrected chi connectivity index (χ0v) is 10.1. The van der Waals surface area contributed by atoms with E-state index in [1.807, 2.05) is 0 Å². The number of sulfonamides is 1. The molecule has 0 rings (SSSR count). The summed E-state index contributed by atoms with van der Waals surface area (Å²) in [6, 6.07) is 0. The van der Waals surface area contributed by atoms with Crippen molar-refractivity contribution in [3.63, 3.8) is 0 Å². The summed E-state index contributed by atoms with van der Waals surface area (Å²) in [5.41, 5.74) is 0. The van der Waals surface area contributed by atoms with E-state index in [1.165, 1.54) is 6.92 Å². The molecule has 1 unspecified atom stereocenters. The Morgan fingerprint density at radius 3 is 2.56 bits per heavy atom. The molecule has 8 heteroatoms. The summed E-state index contributed by atoms with van der Waals surface area (Å²) in [6.45, 7) is 1.44. The maximum absolute atomic E-state index is 11.4. The Balaban J connectivity index is 4.01. The molecular weight excluding hydrogens is 238 g/mol. The number of aliphatic hydroxyl groups excluding tert-OH is 1. The van der Waals surface area contributed by atoms with Gasteiger partial charge in [0.25, 0.3) is 0 Å². The highest BCUT2D eigenvalue weighted by Gasteiger charge is 2.28. The van der Waals surface area contributed by atoms with Gasteiger partial charge in [-0.2, -0.15) is 0 Å². The van der Waals surface area contributed by atoms with Gasteiger partial charge in [-0.15, -0.1) is 0 Å². The highest BCUT2D eigenvalue weighted by molar-refractivity contribution is 7.90. The number of ether oxygens (including phenoxy) is 2. The van der Waals surface area contributed by atoms with Crippen LogP contribution in [0.3, 0.4) is 0 Å². The number of hydrogen-bond acceptors (Lipinski definition) is 6. The van der Waals surface area contributed by atoms with Crippen molar-refractivity contribution in [1.82, 2.24) is 4.72 Å². The van der Waals surface area contributed by atoms with E-state index in [1.54, 1.807) is 0 Å². The predicted molar refractivity (Wildman–Crippen MR) is 56.3 cm³/mol. The molecule has 0 aliphatic rings. The molecule has 0 aromatic heterocycles. The molecular formula is C8H17NO6S. The zero-order chi connectivity index (χ0) is 12.6. The van der Waals surface area contributed by atoms with Crippen LogP contribution in [0.1, 0.15) is 6.92 Å². The summed E-state index contributed by atoms with van der Waals surface area (Å²) < 4.78 is 34.3. The van der Waals surface area contributed by atoms with Gasteiger partial charge < -0.3 is 14.6 Å². The van der Waals surface area contributed by atoms with E-state index in [9.17, 15) is 13.2 Å². The van der Waals surface area contributed by atoms with Crippen LogP contribution in [0.25, 0.3) is 0 Å². The van der Waals surface area contributed by atoms with Crippen LogP contribution in [0.5, 0.6) is 0 Å². The van der Waals surface area contributed by atoms with Crippen LogP contribution in [0.2, 0.25) is 0 Å². The number of carbonyl (C=O) groups is 1. The zero-order valence-electron chi connectivity index (χ0n) is 9.30. The van der Waals surface area contributed by atoms with Crippen molar-refractivity contribution < 1.29 is 27.8 Å². The second-order valence-corrected chi connectivity index (χ2v) is 5.03. The minimum Gasteiger partial charge on any atom is -0.468 e. The molecule has 0 radical (unpaired) electrons. The summed E-state index contributed by atoms with van der Waals surface area (Å²) in [6.07, 6.45) is 0. The molecule has 1 atom stereocenters. The normalized spacial score (nSPS) is 13.4. The molecule has 2 N–H and O–H groups in total. The molecule has 0 aromatic carbocycles. The molecule has 0 heterocycles. The SMILES string of the molecule is COC(=O)C(C)S(=O)(=O)NCCOCCO. The van der Waals surface area contributed by atoms with Crippen LogP contribution in [0.15, 0.2) is 0 Å². The topological polar surface area (TPSA) is 102 Å². The summed E-state index contributed by atoms with van der Waals surface area (Å²) in [5, 5.41) is 7.14. The number of methoxy groups -OCH3 is 1. The molecule has 0 aliphatic carbocycles. The standard InChI is InChI=1S/C8H17NO6S/c1-7(8(11)14-2)16(12,13)9-3-5-15-6-4-10/h7,9-10H,3-6H2,1-2H3. The first kappa shape index (κ1) is 15.3. The van der Waals surface area contributed by atoms with Crippen molar-refractivity contribution in [3.8, 4) is 0 Å². The van der Waals surface area contributed by atoms with Gasteiger partial charge in [0.2, 0.25) is 10.0 Å². The van der Waals surface area contributed by atoms with Gasteiger partial charge in [0.15, 0.2) is 5.25 Å². The fraction of sp³-hybridized carbons (Fsp3) is 0.875. The fourth-order valence-electron chi connectivity index (χ4n) is 0.840. The maximum atomic E-state index is 11.4. The second-order valence-electron chi connectivity index (χ2n) is 2.94. The van der Waals surface area contributed by atoms with Gasteiger partial charge in [-0.3, -0.25) is 4.79 Å². The van der Waals surface area contributed by atoms with Gasteiger partial charge in [0.1, 0.15) is 0 Å². The summed E-state index contributed by atoms with van der Waals surface area (Å²) in [7, 11) is -2.60. The summed E-state index contributed by atoms with van der Waals surface area (Å²) in [5.74, 6) is -0.816. The average molecular weight is 255 g/mol. The first-order valence-electron chi connectivity index (χ1n) is 4.70. The molecule has 0 aromatic rings. The van der Waals surface area contributed by atoms with Crippen molar-refractivity contribution in [2.45, 2.75) is 12.2 Å². The fourth-order valence-corrected chi connectivity index (χ4v) is 1.81. The number of aliphatic hydroxyl groups is 1. The average Bonchev–Trinajstić information content (AvgIpc) is 2.26. The van der Waals surface area contributed by atoms with Gasteiger partial charge in [-0.25, -0.2) is 13.1 Å². The number of carbonyl (C=O) groups excluding carboxylic acids is 1. The van der Waals surface area contributed by atoms with Crippen LogP contribution in [-0.2, 0) is 24.3 Å². The molecule has 16 heavy (non-hydrogen) atoms. The Kier molecular flexibility index (Phi) is 7.22. The van der Waals surface area contributed by atoms with Gasteiger partial charge in [0, 0.05) is 6.54 Å². The van der Waals surface area contributed by atoms with E-state index in [4.69, 9.17) is 9.84 Å². The Morgan fingerprint density at radius 1 is 1.44 bits per heavy atom. The van der Waals surface area contributed by atoms with Crippen molar-refractivity contribution in [2.24, 2.45) is 0 Å². The smallest absolute Gasteiger partial charge is 0.325 e. The van der Waals surface area contributed by atoms with Crippen molar-refractivity contribution in [1.29, 1.82) is 0 Å². The summed E-state index contributed by atoms with van der Waals surface area (Å²) in [4.78, 5) is 11.0. The third-order valence-electron chi connectivity index (χ3n) is 1.78. The number of rotatable bonds is 8. The molecule has 0 amide bonds. The summed E-state index contributed by atoms with van der Waals surface area (Å²) >= 11 is 0. The second kappa shape index (κ2) is 7.55. The van der Waals surface area contributed by atoms with E-state index >= 15 is 0 Å². The van der Waals surface area contributed by atoms with Crippen LogP contribution in [0.4, 0.5) is 0 Å². The Labute approximate surface area is 94.8 Å². The quantitative estimate of drug-likeness (QED) is 0.403. The molecule has 0 bridgehead atoms. The largest absolute Gasteiger partial charge is 0.468 e. The van der Waals surface area contributed by atoms with Gasteiger partial charge in [-0.1, -0.05) is 0 Å². The monoisotopic (exact) mass is 255 g/mol. The third-order valence-corrected chi connectivity index (χ3v) is 3.51. The van der Waals surface area contributed by atoms with E-state index in [0.717, 1.165) is 7.11 Å². The van der Waals surface area contributed by atoms with Crippen molar-refractivity contribution in [2.75, 3.05) is 33.5 Å². The molecule has 96 valence electrons. The van der Waals surface area contributed by atoms with Crippen LogP contribution in [-0.4, -0.2) is 58.2 Å². The molecule has 0 saturated carbocycles. The highest BCUT2D eigenvalue weighted by atomic mass is 32.2. The maximum Gasteiger partial charge on any atom is 0.325 e. The number of nitrogens with one attached hydrogen (secondary N) is 1.